The van der Waals surface area contributed by atoms with E-state index in [4.69, 9.17) is 9.16 Å². The third kappa shape index (κ3) is 5.66. The molecule has 90 valence electrons. The van der Waals surface area contributed by atoms with Crippen molar-refractivity contribution in [3.8, 4) is 0 Å². The van der Waals surface area contributed by atoms with Gasteiger partial charge in [0.05, 0.1) is 0 Å². The van der Waals surface area contributed by atoms with Gasteiger partial charge >= 0.3 is 0 Å². The van der Waals surface area contributed by atoms with Crippen LogP contribution in [0.5, 0.6) is 0 Å². The van der Waals surface area contributed by atoms with Gasteiger partial charge in [-0.05, 0) is 38.3 Å². The van der Waals surface area contributed by atoms with E-state index in [9.17, 15) is 5.11 Å². The first kappa shape index (κ1) is 13.2. The van der Waals surface area contributed by atoms with Crippen molar-refractivity contribution in [2.24, 2.45) is 0 Å². The highest BCUT2D eigenvalue weighted by molar-refractivity contribution is 6.51. The Morgan fingerprint density at radius 3 is 2.87 bits per heavy atom. The molecule has 2 atom stereocenters. The Balaban J connectivity index is 2.00. The van der Waals surface area contributed by atoms with E-state index in [0.29, 0.717) is 13.0 Å². The maximum atomic E-state index is 9.62. The van der Waals surface area contributed by atoms with Crippen LogP contribution < -0.4 is 0 Å². The smallest absolute Gasteiger partial charge is 0.177 e. The molecule has 0 aromatic heterocycles. The average Bonchev–Trinajstić information content (AvgIpc) is 2.26. The number of hydrogen-bond donors (Lipinski definition) is 1. The molecule has 1 fully saturated rings. The Kier molecular flexibility index (Phi) is 5.82. The van der Waals surface area contributed by atoms with Crippen LogP contribution in [-0.2, 0) is 9.16 Å². The molecule has 0 bridgehead atoms. The third-order valence-electron chi connectivity index (χ3n) is 3.01. The summed E-state index contributed by atoms with van der Waals surface area (Å²) in [5, 5.41) is 9.62. The number of ether oxygens (including phenoxy) is 1. The van der Waals surface area contributed by atoms with E-state index in [1.165, 1.54) is 24.9 Å². The first-order chi connectivity index (χ1) is 7.14. The van der Waals surface area contributed by atoms with Crippen molar-refractivity contribution >= 4 is 9.04 Å². The van der Waals surface area contributed by atoms with Crippen LogP contribution in [-0.4, -0.2) is 33.1 Å². The van der Waals surface area contributed by atoms with Gasteiger partial charge in [-0.2, -0.15) is 0 Å². The molecule has 0 aliphatic carbocycles. The zero-order valence-corrected chi connectivity index (χ0v) is 11.2. The van der Waals surface area contributed by atoms with Crippen LogP contribution in [0.15, 0.2) is 0 Å². The molecule has 1 heterocycles. The van der Waals surface area contributed by atoms with Crippen LogP contribution in [0.4, 0.5) is 0 Å². The molecule has 0 aromatic carbocycles. The van der Waals surface area contributed by atoms with E-state index in [0.717, 1.165) is 13.0 Å². The number of hydrogen-bond acceptors (Lipinski definition) is 3. The lowest BCUT2D eigenvalue weighted by molar-refractivity contribution is -0.191. The second-order valence-corrected chi connectivity index (χ2v) is 7.24. The van der Waals surface area contributed by atoms with E-state index >= 15 is 0 Å². The molecule has 1 rings (SSSR count). The van der Waals surface area contributed by atoms with Crippen LogP contribution in [0.1, 0.15) is 39.5 Å². The highest BCUT2D eigenvalue weighted by atomic mass is 28.3. The largest absolute Gasteiger partial charge is 0.420 e. The van der Waals surface area contributed by atoms with Gasteiger partial charge in [-0.25, -0.2) is 0 Å². The lowest BCUT2D eigenvalue weighted by atomic mass is 10.2. The second kappa shape index (κ2) is 6.63. The van der Waals surface area contributed by atoms with E-state index in [1.807, 2.05) is 6.92 Å². The summed E-state index contributed by atoms with van der Waals surface area (Å²) in [7, 11) is -0.882. The van der Waals surface area contributed by atoms with E-state index in [1.54, 1.807) is 6.92 Å². The van der Waals surface area contributed by atoms with Crippen molar-refractivity contribution in [3.63, 3.8) is 0 Å². The van der Waals surface area contributed by atoms with E-state index in [-0.39, 0.29) is 0 Å². The Morgan fingerprint density at radius 1 is 1.47 bits per heavy atom. The molecular formula is C11H24O3Si. The molecule has 2 unspecified atom stereocenters. The minimum Gasteiger partial charge on any atom is -0.420 e. The molecule has 1 aliphatic rings. The van der Waals surface area contributed by atoms with E-state index < -0.39 is 14.8 Å². The van der Waals surface area contributed by atoms with Gasteiger partial charge < -0.3 is 14.3 Å². The first-order valence-electron chi connectivity index (χ1n) is 6.12. The van der Waals surface area contributed by atoms with Crippen LogP contribution in [0, 0.1) is 0 Å². The highest BCUT2D eigenvalue weighted by Gasteiger charge is 2.19. The minimum absolute atomic E-state index is 0.643. The average molecular weight is 232 g/mol. The Morgan fingerprint density at radius 2 is 2.27 bits per heavy atom. The molecule has 1 N–H and O–H groups in total. The monoisotopic (exact) mass is 232 g/mol. The van der Waals surface area contributed by atoms with Gasteiger partial charge in [0.1, 0.15) is 0 Å². The van der Waals surface area contributed by atoms with Crippen molar-refractivity contribution in [2.75, 3.05) is 13.2 Å². The summed E-state index contributed by atoms with van der Waals surface area (Å²) in [4.78, 5) is 0. The Bertz CT molecular complexity index is 167. The van der Waals surface area contributed by atoms with Gasteiger partial charge in [0.25, 0.3) is 0 Å². The molecule has 0 amide bonds. The van der Waals surface area contributed by atoms with Crippen molar-refractivity contribution in [3.05, 3.63) is 0 Å². The Hall–Kier alpha value is 0.0969. The molecule has 0 saturated carbocycles. The summed E-state index contributed by atoms with van der Waals surface area (Å²) in [6.45, 7) is 5.29. The zero-order chi connectivity index (χ0) is 11.1. The molecule has 0 radical (unpaired) electrons. The molecule has 0 aromatic rings. The van der Waals surface area contributed by atoms with Gasteiger partial charge in [0.15, 0.2) is 14.8 Å². The predicted octanol–water partition coefficient (Wildman–Crippen LogP) is 2.05. The fourth-order valence-electron chi connectivity index (χ4n) is 1.74. The van der Waals surface area contributed by atoms with Gasteiger partial charge in [-0.1, -0.05) is 13.3 Å². The minimum atomic E-state index is -0.936. The Labute approximate surface area is 94.5 Å². The molecule has 3 nitrogen and oxygen atoms in total. The maximum absolute atomic E-state index is 9.62. The zero-order valence-electron chi connectivity index (χ0n) is 10.00. The van der Waals surface area contributed by atoms with Crippen LogP contribution in [0.2, 0.25) is 12.1 Å². The molecule has 15 heavy (non-hydrogen) atoms. The van der Waals surface area contributed by atoms with Crippen molar-refractivity contribution in [1.82, 2.24) is 0 Å². The summed E-state index contributed by atoms with van der Waals surface area (Å²) in [5.41, 5.74) is 0. The quantitative estimate of drug-likeness (QED) is 0.433. The fourth-order valence-corrected chi connectivity index (χ4v) is 4.23. The summed E-state index contributed by atoms with van der Waals surface area (Å²) in [5.74, 6) is -0.936. The van der Waals surface area contributed by atoms with Crippen molar-refractivity contribution < 1.29 is 14.3 Å². The molecular weight excluding hydrogens is 208 g/mol. The topological polar surface area (TPSA) is 38.7 Å². The van der Waals surface area contributed by atoms with Gasteiger partial charge in [-0.15, -0.1) is 0 Å². The molecule has 1 saturated heterocycles. The van der Waals surface area contributed by atoms with Crippen molar-refractivity contribution in [1.29, 1.82) is 0 Å². The SMILES string of the molecule is CCC(C)(O)OCCC[SiH]1CCCCO1. The summed E-state index contributed by atoms with van der Waals surface area (Å²) in [6, 6.07) is 2.52. The molecule has 1 aliphatic heterocycles. The van der Waals surface area contributed by atoms with Gasteiger partial charge in [-0.3, -0.25) is 0 Å². The second-order valence-electron chi connectivity index (χ2n) is 4.51. The standard InChI is InChI=1S/C11H24O3Si/c1-3-11(2,12)13-7-6-10-15-9-5-4-8-14-15/h12,15H,3-10H2,1-2H3. The number of aliphatic hydroxyl groups is 1. The molecule has 4 heteroatoms. The summed E-state index contributed by atoms with van der Waals surface area (Å²) < 4.78 is 11.1. The normalized spacial score (nSPS) is 26.2. The fraction of sp³-hybridized carbons (Fsp3) is 1.00. The third-order valence-corrected chi connectivity index (χ3v) is 5.82. The van der Waals surface area contributed by atoms with Crippen molar-refractivity contribution in [2.45, 2.75) is 57.4 Å². The lowest BCUT2D eigenvalue weighted by Gasteiger charge is -2.24. The van der Waals surface area contributed by atoms with Gasteiger partial charge in [0, 0.05) is 13.2 Å². The molecule has 0 spiro atoms. The van der Waals surface area contributed by atoms with Gasteiger partial charge in [0.2, 0.25) is 0 Å². The van der Waals surface area contributed by atoms with Crippen LogP contribution in [0.3, 0.4) is 0 Å². The summed E-state index contributed by atoms with van der Waals surface area (Å²) >= 11 is 0. The lowest BCUT2D eigenvalue weighted by Crippen LogP contribution is -2.28. The van der Waals surface area contributed by atoms with Crippen LogP contribution >= 0.6 is 0 Å². The summed E-state index contributed by atoms with van der Waals surface area (Å²) in [6.07, 6.45) is 4.27. The highest BCUT2D eigenvalue weighted by Crippen LogP contribution is 2.17. The maximum Gasteiger partial charge on any atom is 0.177 e. The van der Waals surface area contributed by atoms with Crippen LogP contribution in [0.25, 0.3) is 0 Å². The number of rotatable bonds is 6. The first-order valence-corrected chi connectivity index (χ1v) is 8.22. The predicted molar refractivity (Wildman–Crippen MR) is 63.4 cm³/mol. The van der Waals surface area contributed by atoms with E-state index in [2.05, 4.69) is 0 Å².